The Labute approximate surface area is 94.3 Å². The average molecular weight is 210 g/mol. The quantitative estimate of drug-likeness (QED) is 0.649. The van der Waals surface area contributed by atoms with Crippen molar-refractivity contribution in [3.05, 3.63) is 42.2 Å². The molecule has 2 aromatic carbocycles. The first-order chi connectivity index (χ1) is 7.75. The van der Waals surface area contributed by atoms with Gasteiger partial charge in [-0.05, 0) is 11.5 Å². The van der Waals surface area contributed by atoms with Crippen molar-refractivity contribution in [1.82, 2.24) is 9.97 Å². The Kier molecular flexibility index (Phi) is 1.96. The number of benzene rings is 2. The van der Waals surface area contributed by atoms with Crippen molar-refractivity contribution in [3.8, 4) is 0 Å². The molecule has 2 nitrogen and oxygen atoms in total. The summed E-state index contributed by atoms with van der Waals surface area (Å²) in [5.74, 6) is 1.50. The van der Waals surface area contributed by atoms with E-state index in [1.807, 2.05) is 0 Å². The average Bonchev–Trinajstić information content (AvgIpc) is 2.73. The van der Waals surface area contributed by atoms with Gasteiger partial charge in [0.15, 0.2) is 0 Å². The summed E-state index contributed by atoms with van der Waals surface area (Å²) in [6.45, 7) is 4.31. The molecule has 0 aliphatic rings. The van der Waals surface area contributed by atoms with Gasteiger partial charge in [0.1, 0.15) is 5.82 Å². The minimum Gasteiger partial charge on any atom is -0.342 e. The Morgan fingerprint density at radius 2 is 1.88 bits per heavy atom. The number of H-pyrrole nitrogens is 1. The lowest BCUT2D eigenvalue weighted by Gasteiger charge is -1.96. The largest absolute Gasteiger partial charge is 0.342 e. The highest BCUT2D eigenvalue weighted by Crippen LogP contribution is 2.25. The van der Waals surface area contributed by atoms with Crippen LogP contribution in [0.15, 0.2) is 36.4 Å². The summed E-state index contributed by atoms with van der Waals surface area (Å²) in [5.41, 5.74) is 2.21. The van der Waals surface area contributed by atoms with Crippen molar-refractivity contribution >= 4 is 21.8 Å². The molecule has 0 bridgehead atoms. The number of aromatic nitrogens is 2. The van der Waals surface area contributed by atoms with E-state index in [0.29, 0.717) is 5.92 Å². The van der Waals surface area contributed by atoms with E-state index < -0.39 is 0 Å². The highest BCUT2D eigenvalue weighted by Gasteiger charge is 2.08. The van der Waals surface area contributed by atoms with Crippen LogP contribution in [-0.4, -0.2) is 9.97 Å². The fourth-order valence-corrected chi connectivity index (χ4v) is 2.04. The molecule has 1 N–H and O–H groups in total. The highest BCUT2D eigenvalue weighted by atomic mass is 14.9. The van der Waals surface area contributed by atoms with Gasteiger partial charge < -0.3 is 4.98 Å². The van der Waals surface area contributed by atoms with Crippen LogP contribution in [0.25, 0.3) is 21.8 Å². The molecule has 16 heavy (non-hydrogen) atoms. The second-order valence-corrected chi connectivity index (χ2v) is 4.46. The van der Waals surface area contributed by atoms with Gasteiger partial charge in [0.2, 0.25) is 0 Å². The molecule has 0 unspecified atom stereocenters. The maximum Gasteiger partial charge on any atom is 0.109 e. The van der Waals surface area contributed by atoms with Crippen molar-refractivity contribution in [1.29, 1.82) is 0 Å². The third kappa shape index (κ3) is 1.30. The van der Waals surface area contributed by atoms with Crippen LogP contribution in [0.3, 0.4) is 0 Å². The molecule has 3 rings (SSSR count). The molecular formula is C14H14N2. The SMILES string of the molecule is CC(C)c1nc2c(ccc3ccccc32)[nH]1. The van der Waals surface area contributed by atoms with Crippen LogP contribution in [0.1, 0.15) is 25.6 Å². The zero-order chi connectivity index (χ0) is 11.1. The van der Waals surface area contributed by atoms with Crippen LogP contribution in [0.4, 0.5) is 0 Å². The summed E-state index contributed by atoms with van der Waals surface area (Å²) in [6.07, 6.45) is 0. The van der Waals surface area contributed by atoms with Gasteiger partial charge in [-0.2, -0.15) is 0 Å². The molecule has 0 saturated heterocycles. The first-order valence-electron chi connectivity index (χ1n) is 5.63. The zero-order valence-electron chi connectivity index (χ0n) is 9.49. The minimum atomic E-state index is 0.436. The predicted molar refractivity (Wildman–Crippen MR) is 67.7 cm³/mol. The van der Waals surface area contributed by atoms with Gasteiger partial charge in [0.25, 0.3) is 0 Å². The van der Waals surface area contributed by atoms with Crippen LogP contribution in [0.2, 0.25) is 0 Å². The zero-order valence-corrected chi connectivity index (χ0v) is 9.49. The van der Waals surface area contributed by atoms with Gasteiger partial charge >= 0.3 is 0 Å². The van der Waals surface area contributed by atoms with Gasteiger partial charge in [0.05, 0.1) is 11.0 Å². The van der Waals surface area contributed by atoms with Crippen LogP contribution < -0.4 is 0 Å². The Morgan fingerprint density at radius 3 is 2.69 bits per heavy atom. The minimum absolute atomic E-state index is 0.436. The molecule has 0 spiro atoms. The lowest BCUT2D eigenvalue weighted by atomic mass is 10.1. The molecule has 0 aliphatic heterocycles. The van der Waals surface area contributed by atoms with E-state index in [4.69, 9.17) is 0 Å². The van der Waals surface area contributed by atoms with E-state index in [0.717, 1.165) is 16.9 Å². The molecule has 0 amide bonds. The first kappa shape index (κ1) is 9.40. The molecular weight excluding hydrogens is 196 g/mol. The Morgan fingerprint density at radius 1 is 1.06 bits per heavy atom. The summed E-state index contributed by atoms with van der Waals surface area (Å²) in [6, 6.07) is 12.6. The van der Waals surface area contributed by atoms with Crippen molar-refractivity contribution in [2.45, 2.75) is 19.8 Å². The van der Waals surface area contributed by atoms with Crippen LogP contribution >= 0.6 is 0 Å². The van der Waals surface area contributed by atoms with Gasteiger partial charge in [-0.1, -0.05) is 44.2 Å². The third-order valence-corrected chi connectivity index (χ3v) is 2.94. The standard InChI is InChI=1S/C14H14N2/c1-9(2)14-15-12-8-7-10-5-3-4-6-11(10)13(12)16-14/h3-9H,1-2H3,(H,15,16). The second-order valence-electron chi connectivity index (χ2n) is 4.46. The second kappa shape index (κ2) is 3.34. The number of hydrogen-bond donors (Lipinski definition) is 1. The Hall–Kier alpha value is -1.83. The van der Waals surface area contributed by atoms with Crippen molar-refractivity contribution in [3.63, 3.8) is 0 Å². The normalized spacial score (nSPS) is 11.7. The van der Waals surface area contributed by atoms with Crippen molar-refractivity contribution < 1.29 is 0 Å². The number of nitrogens with one attached hydrogen (secondary N) is 1. The summed E-state index contributed by atoms with van der Waals surface area (Å²) in [7, 11) is 0. The highest BCUT2D eigenvalue weighted by molar-refractivity contribution is 6.04. The summed E-state index contributed by atoms with van der Waals surface area (Å²) >= 11 is 0. The molecule has 1 heterocycles. The van der Waals surface area contributed by atoms with Gasteiger partial charge in [0, 0.05) is 11.3 Å². The summed E-state index contributed by atoms with van der Waals surface area (Å²) in [4.78, 5) is 8.06. The lowest BCUT2D eigenvalue weighted by Crippen LogP contribution is -1.88. The molecule has 0 aliphatic carbocycles. The number of imidazole rings is 1. The molecule has 1 aromatic heterocycles. The molecule has 0 saturated carbocycles. The first-order valence-corrected chi connectivity index (χ1v) is 5.63. The number of nitrogens with zero attached hydrogens (tertiary/aromatic N) is 1. The predicted octanol–water partition coefficient (Wildman–Crippen LogP) is 3.84. The van der Waals surface area contributed by atoms with Crippen molar-refractivity contribution in [2.24, 2.45) is 0 Å². The van der Waals surface area contributed by atoms with Gasteiger partial charge in [-0.25, -0.2) is 4.98 Å². The van der Waals surface area contributed by atoms with Gasteiger partial charge in [-0.15, -0.1) is 0 Å². The van der Waals surface area contributed by atoms with E-state index in [1.165, 1.54) is 10.8 Å². The Balaban J connectivity index is 2.41. The fourth-order valence-electron chi connectivity index (χ4n) is 2.04. The molecule has 0 fully saturated rings. The third-order valence-electron chi connectivity index (χ3n) is 2.94. The molecule has 0 atom stereocenters. The number of fused-ring (bicyclic) bond motifs is 3. The van der Waals surface area contributed by atoms with Crippen LogP contribution in [0, 0.1) is 0 Å². The maximum absolute atomic E-state index is 4.68. The lowest BCUT2D eigenvalue weighted by molar-refractivity contribution is 0.799. The summed E-state index contributed by atoms with van der Waals surface area (Å²) in [5, 5.41) is 2.47. The van der Waals surface area contributed by atoms with Crippen LogP contribution in [0.5, 0.6) is 0 Å². The smallest absolute Gasteiger partial charge is 0.109 e. The molecule has 0 radical (unpaired) electrons. The van der Waals surface area contributed by atoms with E-state index in [1.54, 1.807) is 0 Å². The molecule has 2 heteroatoms. The van der Waals surface area contributed by atoms with Gasteiger partial charge in [-0.3, -0.25) is 0 Å². The number of hydrogen-bond acceptors (Lipinski definition) is 1. The van der Waals surface area contributed by atoms with Crippen LogP contribution in [-0.2, 0) is 0 Å². The Bertz CT molecular complexity index is 650. The van der Waals surface area contributed by atoms with Crippen molar-refractivity contribution in [2.75, 3.05) is 0 Å². The molecule has 80 valence electrons. The monoisotopic (exact) mass is 210 g/mol. The summed E-state index contributed by atoms with van der Waals surface area (Å²) < 4.78 is 0. The maximum atomic E-state index is 4.68. The van der Waals surface area contributed by atoms with E-state index in [2.05, 4.69) is 60.2 Å². The van der Waals surface area contributed by atoms with E-state index >= 15 is 0 Å². The number of rotatable bonds is 1. The topological polar surface area (TPSA) is 28.7 Å². The van der Waals surface area contributed by atoms with E-state index in [-0.39, 0.29) is 0 Å². The fraction of sp³-hybridized carbons (Fsp3) is 0.214. The molecule has 3 aromatic rings. The number of aromatic amines is 1. The van der Waals surface area contributed by atoms with E-state index in [9.17, 15) is 0 Å².